The number of anilines is 1. The first-order chi connectivity index (χ1) is 16.2. The van der Waals surface area contributed by atoms with Crippen LogP contribution in [0.4, 0.5) is 23.4 Å². The molecule has 0 radical (unpaired) electrons. The zero-order valence-electron chi connectivity index (χ0n) is 18.0. The van der Waals surface area contributed by atoms with Crippen LogP contribution in [-0.4, -0.2) is 54.1 Å². The molecule has 2 fully saturated rings. The highest BCUT2D eigenvalue weighted by molar-refractivity contribution is 6.30. The molecule has 34 heavy (non-hydrogen) atoms. The standard InChI is InChI=1S/C22H23ClF4N4O3/c23-17-2-1-15(11-18(17)24)33-12-20(32)29-14-4-7-31(8-5-14)19-3-6-28-21(30-19)13-9-16(10-13)34-22(25,26)27/h1-3,6,11,13-14,16H,4-5,7-10,12H2,(H,29,32). The van der Waals surface area contributed by atoms with Crippen molar-refractivity contribution >= 4 is 23.3 Å². The van der Waals surface area contributed by atoms with E-state index in [1.165, 1.54) is 12.1 Å². The number of aromatic nitrogens is 2. The van der Waals surface area contributed by atoms with Crippen LogP contribution in [0, 0.1) is 5.82 Å². The Morgan fingerprint density at radius 3 is 2.62 bits per heavy atom. The van der Waals surface area contributed by atoms with Gasteiger partial charge in [0.25, 0.3) is 5.91 Å². The summed E-state index contributed by atoms with van der Waals surface area (Å²) >= 11 is 5.63. The molecular formula is C22H23ClF4N4O3. The van der Waals surface area contributed by atoms with E-state index in [2.05, 4.69) is 24.9 Å². The molecule has 1 amide bonds. The molecule has 0 unspecified atom stereocenters. The van der Waals surface area contributed by atoms with Crippen LogP contribution in [0.25, 0.3) is 0 Å². The SMILES string of the molecule is O=C(COc1ccc(Cl)c(F)c1)NC1CCN(c2ccnc(C3CC(OC(F)(F)F)C3)n2)CC1. The van der Waals surface area contributed by atoms with Gasteiger partial charge < -0.3 is 15.0 Å². The fourth-order valence-corrected chi connectivity index (χ4v) is 4.15. The third-order valence-corrected chi connectivity index (χ3v) is 6.17. The number of alkyl halides is 3. The molecular weight excluding hydrogens is 480 g/mol. The number of carbonyl (C=O) groups excluding carboxylic acids is 1. The molecule has 7 nitrogen and oxygen atoms in total. The van der Waals surface area contributed by atoms with Gasteiger partial charge in [0.15, 0.2) is 6.61 Å². The molecule has 184 valence electrons. The van der Waals surface area contributed by atoms with Crippen LogP contribution in [0.2, 0.25) is 5.02 Å². The van der Waals surface area contributed by atoms with E-state index in [9.17, 15) is 22.4 Å². The maximum atomic E-state index is 13.4. The van der Waals surface area contributed by atoms with E-state index in [0.717, 1.165) is 6.07 Å². The van der Waals surface area contributed by atoms with Crippen molar-refractivity contribution in [3.63, 3.8) is 0 Å². The highest BCUT2D eigenvalue weighted by Gasteiger charge is 2.41. The minimum atomic E-state index is -4.63. The van der Waals surface area contributed by atoms with Gasteiger partial charge in [-0.1, -0.05) is 11.6 Å². The first kappa shape index (κ1) is 24.5. The lowest BCUT2D eigenvalue weighted by Crippen LogP contribution is -2.46. The average molecular weight is 503 g/mol. The molecule has 2 aromatic rings. The van der Waals surface area contributed by atoms with Crippen LogP contribution in [0.1, 0.15) is 37.4 Å². The van der Waals surface area contributed by atoms with Gasteiger partial charge in [0.2, 0.25) is 0 Å². The Morgan fingerprint density at radius 1 is 1.21 bits per heavy atom. The Bertz CT molecular complexity index is 1010. The fraction of sp³-hybridized carbons (Fsp3) is 0.500. The number of benzene rings is 1. The number of carbonyl (C=O) groups is 1. The number of halogens is 5. The van der Waals surface area contributed by atoms with Crippen molar-refractivity contribution in [3.8, 4) is 5.75 Å². The third-order valence-electron chi connectivity index (χ3n) is 5.86. The summed E-state index contributed by atoms with van der Waals surface area (Å²) in [5.41, 5.74) is 0. The van der Waals surface area contributed by atoms with Crippen LogP contribution in [0.15, 0.2) is 30.5 Å². The van der Waals surface area contributed by atoms with Gasteiger partial charge in [-0.3, -0.25) is 9.53 Å². The van der Waals surface area contributed by atoms with Crippen molar-refractivity contribution in [1.82, 2.24) is 15.3 Å². The fourth-order valence-electron chi connectivity index (χ4n) is 4.04. The second-order valence-electron chi connectivity index (χ2n) is 8.32. The third kappa shape index (κ3) is 6.47. The monoisotopic (exact) mass is 502 g/mol. The van der Waals surface area contributed by atoms with Gasteiger partial charge in [-0.25, -0.2) is 14.4 Å². The quantitative estimate of drug-likeness (QED) is 0.571. The van der Waals surface area contributed by atoms with Crippen molar-refractivity contribution in [2.45, 2.75) is 50.1 Å². The summed E-state index contributed by atoms with van der Waals surface area (Å²) in [6.07, 6.45) is -2.02. The Hall–Kier alpha value is -2.66. The summed E-state index contributed by atoms with van der Waals surface area (Å²) in [5.74, 6) is 0.367. The number of rotatable bonds is 7. The van der Waals surface area contributed by atoms with Gasteiger partial charge in [-0.15, -0.1) is 13.2 Å². The molecule has 1 saturated carbocycles. The number of hydrogen-bond acceptors (Lipinski definition) is 6. The second kappa shape index (κ2) is 10.3. The lowest BCUT2D eigenvalue weighted by molar-refractivity contribution is -0.352. The topological polar surface area (TPSA) is 76.6 Å². The van der Waals surface area contributed by atoms with Gasteiger partial charge in [0.05, 0.1) is 11.1 Å². The maximum Gasteiger partial charge on any atom is 0.522 e. The number of piperidine rings is 1. The molecule has 2 aliphatic rings. The van der Waals surface area contributed by atoms with Crippen LogP contribution in [0.3, 0.4) is 0 Å². The summed E-state index contributed by atoms with van der Waals surface area (Å²) in [5, 5.41) is 2.89. The summed E-state index contributed by atoms with van der Waals surface area (Å²) < 4.78 is 59.7. The van der Waals surface area contributed by atoms with E-state index in [4.69, 9.17) is 16.3 Å². The Labute approximate surface area is 198 Å². The smallest absolute Gasteiger partial charge is 0.484 e. The summed E-state index contributed by atoms with van der Waals surface area (Å²) in [4.78, 5) is 23.0. The Kier molecular flexibility index (Phi) is 7.42. The number of nitrogens with one attached hydrogen (secondary N) is 1. The van der Waals surface area contributed by atoms with Gasteiger partial charge in [0.1, 0.15) is 23.2 Å². The number of ether oxygens (including phenoxy) is 2. The van der Waals surface area contributed by atoms with E-state index >= 15 is 0 Å². The van der Waals surface area contributed by atoms with Gasteiger partial charge in [-0.2, -0.15) is 0 Å². The largest absolute Gasteiger partial charge is 0.522 e. The Morgan fingerprint density at radius 2 is 1.94 bits per heavy atom. The molecule has 1 aliphatic carbocycles. The lowest BCUT2D eigenvalue weighted by Gasteiger charge is -2.36. The van der Waals surface area contributed by atoms with Gasteiger partial charge in [0, 0.05) is 37.3 Å². The van der Waals surface area contributed by atoms with Crippen molar-refractivity contribution < 1.29 is 31.8 Å². The first-order valence-corrected chi connectivity index (χ1v) is 11.2. The highest BCUT2D eigenvalue weighted by Crippen LogP contribution is 2.40. The lowest BCUT2D eigenvalue weighted by atomic mass is 9.81. The zero-order valence-corrected chi connectivity index (χ0v) is 18.8. The molecule has 1 N–H and O–H groups in total. The van der Waals surface area contributed by atoms with Gasteiger partial charge >= 0.3 is 6.36 Å². The van der Waals surface area contributed by atoms with Crippen molar-refractivity contribution in [3.05, 3.63) is 47.1 Å². The summed E-state index contributed by atoms with van der Waals surface area (Å²) in [7, 11) is 0. The van der Waals surface area contributed by atoms with E-state index in [1.54, 1.807) is 12.3 Å². The summed E-state index contributed by atoms with van der Waals surface area (Å²) in [6.45, 7) is 1.06. The molecule has 1 saturated heterocycles. The predicted octanol–water partition coefficient (Wildman–Crippen LogP) is 4.22. The normalized spacial score (nSPS) is 21.1. The molecule has 1 aromatic heterocycles. The van der Waals surface area contributed by atoms with Crippen LogP contribution < -0.4 is 15.0 Å². The van der Waals surface area contributed by atoms with Crippen LogP contribution >= 0.6 is 11.6 Å². The minimum absolute atomic E-state index is 0.0216. The molecule has 1 aromatic carbocycles. The zero-order chi connectivity index (χ0) is 24.3. The molecule has 0 atom stereocenters. The number of amides is 1. The number of hydrogen-bond donors (Lipinski definition) is 1. The molecule has 2 heterocycles. The first-order valence-electron chi connectivity index (χ1n) is 10.9. The van der Waals surface area contributed by atoms with Crippen molar-refractivity contribution in [2.75, 3.05) is 24.6 Å². The van der Waals surface area contributed by atoms with E-state index < -0.39 is 18.3 Å². The molecule has 4 rings (SSSR count). The van der Waals surface area contributed by atoms with E-state index in [-0.39, 0.29) is 48.1 Å². The predicted molar refractivity (Wildman–Crippen MR) is 115 cm³/mol. The van der Waals surface area contributed by atoms with Gasteiger partial charge in [-0.05, 0) is 43.9 Å². The van der Waals surface area contributed by atoms with Crippen LogP contribution in [-0.2, 0) is 9.53 Å². The molecule has 0 bridgehead atoms. The molecule has 0 spiro atoms. The minimum Gasteiger partial charge on any atom is -0.484 e. The van der Waals surface area contributed by atoms with E-state index in [0.29, 0.717) is 37.6 Å². The van der Waals surface area contributed by atoms with Crippen molar-refractivity contribution in [1.29, 1.82) is 0 Å². The van der Waals surface area contributed by atoms with Crippen molar-refractivity contribution in [2.24, 2.45) is 0 Å². The average Bonchev–Trinajstić information content (AvgIpc) is 2.77. The van der Waals surface area contributed by atoms with Crippen LogP contribution in [0.5, 0.6) is 5.75 Å². The highest BCUT2D eigenvalue weighted by atomic mass is 35.5. The molecule has 12 heteroatoms. The van der Waals surface area contributed by atoms with E-state index in [1.807, 2.05) is 0 Å². The Balaban J connectivity index is 1.21. The maximum absolute atomic E-state index is 13.4. The summed E-state index contributed by atoms with van der Waals surface area (Å²) in [6, 6.07) is 5.70. The second-order valence-corrected chi connectivity index (χ2v) is 8.73. The number of nitrogens with zero attached hydrogens (tertiary/aromatic N) is 3. The molecule has 1 aliphatic heterocycles.